The third kappa shape index (κ3) is 7.28. The van der Waals surface area contributed by atoms with Gasteiger partial charge in [-0.05, 0) is 141 Å². The Balaban J connectivity index is 0.809. The highest BCUT2D eigenvalue weighted by molar-refractivity contribution is 6.26. The molecule has 8 heterocycles. The number of nitrogens with zero attached hydrogens (tertiary/aromatic N) is 8. The molecule has 8 aromatic heterocycles. The fourth-order valence-corrected chi connectivity index (χ4v) is 8.70. The molecule has 0 aliphatic carbocycles. The third-order valence-corrected chi connectivity index (χ3v) is 12.2. The molecule has 0 fully saturated rings. The first-order valence-corrected chi connectivity index (χ1v) is 21.7. The van der Waals surface area contributed by atoms with E-state index in [1.165, 1.54) is 32.3 Å². The summed E-state index contributed by atoms with van der Waals surface area (Å²) in [5.41, 5.74) is 15.4. The Bertz CT molecular complexity index is 3430. The summed E-state index contributed by atoms with van der Waals surface area (Å²) in [6.07, 6.45) is 18.5. The zero-order valence-electron chi connectivity index (χ0n) is 35.4. The smallest absolute Gasteiger partial charge is 0.0717 e. The van der Waals surface area contributed by atoms with Crippen LogP contribution in [-0.2, 0) is 0 Å². The monoisotopic (exact) mass is 844 g/mol. The van der Waals surface area contributed by atoms with Crippen LogP contribution >= 0.6 is 0 Å². The van der Waals surface area contributed by atoms with Crippen LogP contribution < -0.4 is 0 Å². The molecule has 12 rings (SSSR count). The minimum Gasteiger partial charge on any atom is -0.265 e. The average Bonchev–Trinajstić information content (AvgIpc) is 3.41. The van der Waals surface area contributed by atoms with Crippen molar-refractivity contribution in [1.82, 2.24) is 39.9 Å². The standard InChI is InChI=1S/C58H36N8/c1-2-4-48-47(3-1)49-13-5-39(41-7-15-55(61-31-41)45-11-19-57(65-35-45)43-9-17-53(63-33-43)37-21-25-59-26-22-37)29-51(49)52-30-40(6-14-50(48)52)42-8-16-56(62-32-42)46-12-20-58(66-36-46)44-10-18-54(64-34-44)38-23-27-60-28-24-38/h1-36H. The second-order valence-electron chi connectivity index (χ2n) is 16.1. The van der Waals surface area contributed by atoms with Crippen LogP contribution in [0.1, 0.15) is 0 Å². The lowest BCUT2D eigenvalue weighted by molar-refractivity contribution is 1.25. The maximum Gasteiger partial charge on any atom is 0.0717 e. The van der Waals surface area contributed by atoms with E-state index in [0.29, 0.717) is 0 Å². The van der Waals surface area contributed by atoms with Crippen molar-refractivity contribution >= 4 is 32.3 Å². The van der Waals surface area contributed by atoms with E-state index in [4.69, 9.17) is 19.9 Å². The van der Waals surface area contributed by atoms with Gasteiger partial charge in [0.2, 0.25) is 0 Å². The summed E-state index contributed by atoms with van der Waals surface area (Å²) in [7, 11) is 0. The summed E-state index contributed by atoms with van der Waals surface area (Å²) in [5, 5.41) is 7.26. The molecule has 66 heavy (non-hydrogen) atoms. The van der Waals surface area contributed by atoms with Gasteiger partial charge in [0.25, 0.3) is 0 Å². The number of hydrogen-bond acceptors (Lipinski definition) is 8. The lowest BCUT2D eigenvalue weighted by Gasteiger charge is -2.14. The topological polar surface area (TPSA) is 103 Å². The molecule has 0 amide bonds. The van der Waals surface area contributed by atoms with Crippen LogP contribution in [-0.4, -0.2) is 39.9 Å². The first-order valence-electron chi connectivity index (χ1n) is 21.7. The Labute approximate surface area is 380 Å². The molecule has 0 N–H and O–H groups in total. The van der Waals surface area contributed by atoms with Gasteiger partial charge in [-0.3, -0.25) is 39.9 Å². The highest BCUT2D eigenvalue weighted by atomic mass is 14.7. The van der Waals surface area contributed by atoms with Crippen molar-refractivity contribution in [3.8, 4) is 89.8 Å². The van der Waals surface area contributed by atoms with Gasteiger partial charge in [0, 0.05) is 106 Å². The molecule has 0 atom stereocenters. The van der Waals surface area contributed by atoms with Crippen LogP contribution in [0.2, 0.25) is 0 Å². The summed E-state index contributed by atoms with van der Waals surface area (Å²) in [5.74, 6) is 0. The van der Waals surface area contributed by atoms with Crippen molar-refractivity contribution in [3.05, 3.63) is 220 Å². The van der Waals surface area contributed by atoms with Crippen molar-refractivity contribution in [3.63, 3.8) is 0 Å². The van der Waals surface area contributed by atoms with Gasteiger partial charge in [-0.15, -0.1) is 0 Å². The van der Waals surface area contributed by atoms with Crippen molar-refractivity contribution in [2.45, 2.75) is 0 Å². The first-order chi connectivity index (χ1) is 32.7. The Hall–Kier alpha value is -9.14. The van der Waals surface area contributed by atoms with Gasteiger partial charge in [-0.2, -0.15) is 0 Å². The van der Waals surface area contributed by atoms with Gasteiger partial charge in [-0.25, -0.2) is 0 Å². The van der Waals surface area contributed by atoms with Gasteiger partial charge in [0.05, 0.1) is 34.2 Å². The van der Waals surface area contributed by atoms with Crippen LogP contribution in [0.4, 0.5) is 0 Å². The fraction of sp³-hybridized carbons (Fsp3) is 0. The van der Waals surface area contributed by atoms with E-state index >= 15 is 0 Å². The Kier molecular flexibility index (Phi) is 9.65. The summed E-state index contributed by atoms with van der Waals surface area (Å²) < 4.78 is 0. The quantitative estimate of drug-likeness (QED) is 0.139. The number of fused-ring (bicyclic) bond motifs is 6. The van der Waals surface area contributed by atoms with Gasteiger partial charge in [0.15, 0.2) is 0 Å². The minimum atomic E-state index is 0.856. The van der Waals surface area contributed by atoms with E-state index < -0.39 is 0 Å². The lowest BCUT2D eigenvalue weighted by atomic mass is 9.90. The molecule has 308 valence electrons. The highest BCUT2D eigenvalue weighted by Crippen LogP contribution is 2.39. The number of hydrogen-bond donors (Lipinski definition) is 0. The molecule has 4 aromatic carbocycles. The predicted molar refractivity (Wildman–Crippen MR) is 265 cm³/mol. The number of pyridine rings is 8. The molecule has 0 saturated carbocycles. The van der Waals surface area contributed by atoms with Crippen molar-refractivity contribution < 1.29 is 0 Å². The molecule has 0 bridgehead atoms. The number of benzene rings is 4. The molecule has 0 radical (unpaired) electrons. The van der Waals surface area contributed by atoms with Crippen LogP contribution in [0.25, 0.3) is 122 Å². The van der Waals surface area contributed by atoms with Gasteiger partial charge < -0.3 is 0 Å². The first kappa shape index (κ1) is 38.5. The van der Waals surface area contributed by atoms with Gasteiger partial charge in [-0.1, -0.05) is 60.7 Å². The fourth-order valence-electron chi connectivity index (χ4n) is 8.70. The van der Waals surface area contributed by atoms with Crippen molar-refractivity contribution in [2.24, 2.45) is 0 Å². The average molecular weight is 845 g/mol. The van der Waals surface area contributed by atoms with Crippen molar-refractivity contribution in [1.29, 1.82) is 0 Å². The maximum atomic E-state index is 4.91. The van der Waals surface area contributed by atoms with Crippen molar-refractivity contribution in [2.75, 3.05) is 0 Å². The van der Waals surface area contributed by atoms with E-state index in [0.717, 1.165) is 89.8 Å². The van der Waals surface area contributed by atoms with E-state index in [9.17, 15) is 0 Å². The van der Waals surface area contributed by atoms with Crippen LogP contribution in [0, 0.1) is 0 Å². The Morgan fingerprint density at radius 2 is 0.470 bits per heavy atom. The number of aromatic nitrogens is 8. The summed E-state index contributed by atoms with van der Waals surface area (Å²) >= 11 is 0. The largest absolute Gasteiger partial charge is 0.265 e. The predicted octanol–water partition coefficient (Wildman–Crippen LogP) is 13.6. The van der Waals surface area contributed by atoms with Crippen LogP contribution in [0.15, 0.2) is 220 Å². The molecular weight excluding hydrogens is 809 g/mol. The van der Waals surface area contributed by atoms with Gasteiger partial charge in [0.1, 0.15) is 0 Å². The normalized spacial score (nSPS) is 11.3. The minimum absolute atomic E-state index is 0.856. The zero-order chi connectivity index (χ0) is 43.8. The molecule has 0 unspecified atom stereocenters. The van der Waals surface area contributed by atoms with E-state index in [2.05, 4.69) is 117 Å². The summed E-state index contributed by atoms with van der Waals surface area (Å²) in [6.45, 7) is 0. The lowest BCUT2D eigenvalue weighted by Crippen LogP contribution is -1.90. The maximum absolute atomic E-state index is 4.91. The Morgan fingerprint density at radius 3 is 0.773 bits per heavy atom. The van der Waals surface area contributed by atoms with Crippen LogP contribution in [0.5, 0.6) is 0 Å². The van der Waals surface area contributed by atoms with E-state index in [1.807, 2.05) is 97.8 Å². The second-order valence-corrected chi connectivity index (χ2v) is 16.1. The summed E-state index contributed by atoms with van der Waals surface area (Å²) in [6, 6.07) is 54.7. The number of rotatable bonds is 8. The molecule has 0 aliphatic rings. The highest BCUT2D eigenvalue weighted by Gasteiger charge is 2.13. The molecule has 8 heteroatoms. The third-order valence-electron chi connectivity index (χ3n) is 12.2. The molecule has 12 aromatic rings. The van der Waals surface area contributed by atoms with E-state index in [1.54, 1.807) is 24.8 Å². The van der Waals surface area contributed by atoms with Crippen LogP contribution in [0.3, 0.4) is 0 Å². The molecular formula is C58H36N8. The molecule has 0 saturated heterocycles. The SMILES string of the molecule is c1ccc2c(c1)c1ccc(-c3ccc(-c4ccc(-c5ccc(-c6ccncc6)nc5)nc4)nc3)cc1c1cc(-c3ccc(-c4ccc(-c5ccc(-c6ccncc6)nc5)nc4)nc3)ccc21. The Morgan fingerprint density at radius 1 is 0.197 bits per heavy atom. The molecule has 8 nitrogen and oxygen atoms in total. The molecule has 0 spiro atoms. The zero-order valence-corrected chi connectivity index (χ0v) is 35.4. The second kappa shape index (κ2) is 16.5. The van der Waals surface area contributed by atoms with Gasteiger partial charge >= 0.3 is 0 Å². The van der Waals surface area contributed by atoms with E-state index in [-0.39, 0.29) is 0 Å². The summed E-state index contributed by atoms with van der Waals surface area (Å²) in [4.78, 5) is 36.9. The molecule has 0 aliphatic heterocycles.